The Morgan fingerprint density at radius 3 is 3.05 bits per heavy atom. The number of thiazole rings is 1. The van der Waals surface area contributed by atoms with E-state index in [2.05, 4.69) is 58.8 Å². The molecule has 4 heteroatoms. The van der Waals surface area contributed by atoms with Gasteiger partial charge in [-0.05, 0) is 38.1 Å². The minimum absolute atomic E-state index is 0.435. The van der Waals surface area contributed by atoms with Crippen molar-refractivity contribution in [3.05, 3.63) is 51.5 Å². The molecule has 0 saturated carbocycles. The van der Waals surface area contributed by atoms with Gasteiger partial charge in [0.1, 0.15) is 0 Å². The summed E-state index contributed by atoms with van der Waals surface area (Å²) >= 11 is 1.73. The Kier molecular flexibility index (Phi) is 4.15. The molecule has 0 radical (unpaired) electrons. The summed E-state index contributed by atoms with van der Waals surface area (Å²) in [6.45, 7) is 5.08. The molecule has 2 aromatic rings. The SMILES string of the molecule is Cc1nc(CN(C)CC2NCCc3ccccc32)cs1. The van der Waals surface area contributed by atoms with E-state index in [0.717, 1.165) is 31.1 Å². The van der Waals surface area contributed by atoms with E-state index in [0.29, 0.717) is 6.04 Å². The molecule has 1 N–H and O–H groups in total. The summed E-state index contributed by atoms with van der Waals surface area (Å²) < 4.78 is 0. The number of nitrogens with zero attached hydrogens (tertiary/aromatic N) is 2. The summed E-state index contributed by atoms with van der Waals surface area (Å²) in [5.41, 5.74) is 4.13. The van der Waals surface area contributed by atoms with Crippen molar-refractivity contribution in [1.29, 1.82) is 0 Å². The lowest BCUT2D eigenvalue weighted by molar-refractivity contribution is 0.276. The van der Waals surface area contributed by atoms with E-state index in [1.54, 1.807) is 11.3 Å². The fourth-order valence-corrected chi connectivity index (χ4v) is 3.49. The zero-order chi connectivity index (χ0) is 13.9. The van der Waals surface area contributed by atoms with Gasteiger partial charge in [0.05, 0.1) is 10.7 Å². The van der Waals surface area contributed by atoms with Gasteiger partial charge in [-0.3, -0.25) is 4.90 Å². The van der Waals surface area contributed by atoms with Gasteiger partial charge in [-0.1, -0.05) is 24.3 Å². The van der Waals surface area contributed by atoms with Crippen LogP contribution in [0.1, 0.15) is 27.9 Å². The maximum atomic E-state index is 4.54. The van der Waals surface area contributed by atoms with E-state index in [1.807, 2.05) is 0 Å². The number of likely N-dealkylation sites (N-methyl/N-ethyl adjacent to an activating group) is 1. The summed E-state index contributed by atoms with van der Waals surface area (Å²) in [4.78, 5) is 6.90. The highest BCUT2D eigenvalue weighted by atomic mass is 32.1. The smallest absolute Gasteiger partial charge is 0.0897 e. The molecule has 1 aliphatic rings. The Labute approximate surface area is 124 Å². The van der Waals surface area contributed by atoms with E-state index in [4.69, 9.17) is 0 Å². The lowest BCUT2D eigenvalue weighted by atomic mass is 9.94. The molecule has 0 fully saturated rings. The first-order valence-corrected chi connectivity index (χ1v) is 8.01. The molecule has 3 rings (SSSR count). The number of aromatic nitrogens is 1. The first kappa shape index (κ1) is 13.7. The Balaban J connectivity index is 1.66. The first-order chi connectivity index (χ1) is 9.72. The fraction of sp³-hybridized carbons (Fsp3) is 0.438. The second-order valence-electron chi connectivity index (χ2n) is 5.51. The van der Waals surface area contributed by atoms with Gasteiger partial charge in [0.25, 0.3) is 0 Å². The van der Waals surface area contributed by atoms with Crippen molar-refractivity contribution in [1.82, 2.24) is 15.2 Å². The third-order valence-corrected chi connectivity index (χ3v) is 4.63. The van der Waals surface area contributed by atoms with Crippen molar-refractivity contribution in [2.24, 2.45) is 0 Å². The quantitative estimate of drug-likeness (QED) is 0.937. The maximum absolute atomic E-state index is 4.54. The highest BCUT2D eigenvalue weighted by molar-refractivity contribution is 7.09. The summed E-state index contributed by atoms with van der Waals surface area (Å²) in [7, 11) is 2.17. The van der Waals surface area contributed by atoms with Crippen molar-refractivity contribution in [2.45, 2.75) is 25.9 Å². The normalized spacial score (nSPS) is 18.2. The lowest BCUT2D eigenvalue weighted by Gasteiger charge is -2.30. The average molecular weight is 287 g/mol. The van der Waals surface area contributed by atoms with Gasteiger partial charge in [0.15, 0.2) is 0 Å². The zero-order valence-corrected chi connectivity index (χ0v) is 12.9. The van der Waals surface area contributed by atoms with E-state index in [1.165, 1.54) is 16.8 Å². The molecular formula is C16H21N3S. The van der Waals surface area contributed by atoms with Crippen LogP contribution >= 0.6 is 11.3 Å². The molecule has 2 heterocycles. The molecule has 0 saturated heterocycles. The molecule has 1 aromatic heterocycles. The van der Waals surface area contributed by atoms with Crippen LogP contribution in [0, 0.1) is 6.92 Å². The van der Waals surface area contributed by atoms with Crippen molar-refractivity contribution in [2.75, 3.05) is 20.1 Å². The van der Waals surface area contributed by atoms with Crippen molar-refractivity contribution in [3.63, 3.8) is 0 Å². The molecule has 0 aliphatic carbocycles. The standard InChI is InChI=1S/C16H21N3S/c1-12-18-14(11-20-12)9-19(2)10-16-15-6-4-3-5-13(15)7-8-17-16/h3-6,11,16-17H,7-10H2,1-2H3. The highest BCUT2D eigenvalue weighted by Crippen LogP contribution is 2.23. The summed E-state index contributed by atoms with van der Waals surface area (Å²) in [6.07, 6.45) is 1.14. The zero-order valence-electron chi connectivity index (χ0n) is 12.1. The third-order valence-electron chi connectivity index (χ3n) is 3.81. The van der Waals surface area contributed by atoms with Gasteiger partial charge < -0.3 is 5.32 Å². The fourth-order valence-electron chi connectivity index (χ4n) is 2.89. The molecule has 0 amide bonds. The van der Waals surface area contributed by atoms with Crippen LogP contribution in [-0.2, 0) is 13.0 Å². The van der Waals surface area contributed by atoms with Crippen LogP contribution in [-0.4, -0.2) is 30.0 Å². The van der Waals surface area contributed by atoms with Gasteiger partial charge in [0.2, 0.25) is 0 Å². The Morgan fingerprint density at radius 2 is 2.25 bits per heavy atom. The van der Waals surface area contributed by atoms with E-state index < -0.39 is 0 Å². The van der Waals surface area contributed by atoms with Gasteiger partial charge >= 0.3 is 0 Å². The number of nitrogens with one attached hydrogen (secondary N) is 1. The predicted octanol–water partition coefficient (Wildman–Crippen LogP) is 2.77. The van der Waals surface area contributed by atoms with E-state index in [9.17, 15) is 0 Å². The van der Waals surface area contributed by atoms with Crippen molar-refractivity contribution < 1.29 is 0 Å². The number of fused-ring (bicyclic) bond motifs is 1. The molecule has 3 nitrogen and oxygen atoms in total. The molecule has 0 bridgehead atoms. The van der Waals surface area contributed by atoms with E-state index in [-0.39, 0.29) is 0 Å². The average Bonchev–Trinajstić information content (AvgIpc) is 2.84. The highest BCUT2D eigenvalue weighted by Gasteiger charge is 2.20. The number of benzene rings is 1. The van der Waals surface area contributed by atoms with Crippen LogP contribution in [0.15, 0.2) is 29.6 Å². The summed E-state index contributed by atoms with van der Waals surface area (Å²) in [5, 5.41) is 6.95. The van der Waals surface area contributed by atoms with Gasteiger partial charge in [0, 0.05) is 24.5 Å². The van der Waals surface area contributed by atoms with Crippen LogP contribution < -0.4 is 5.32 Å². The number of rotatable bonds is 4. The van der Waals surface area contributed by atoms with Crippen LogP contribution in [0.5, 0.6) is 0 Å². The second kappa shape index (κ2) is 6.04. The Morgan fingerprint density at radius 1 is 1.40 bits per heavy atom. The van der Waals surface area contributed by atoms with E-state index >= 15 is 0 Å². The molecule has 20 heavy (non-hydrogen) atoms. The first-order valence-electron chi connectivity index (χ1n) is 7.13. The predicted molar refractivity (Wildman–Crippen MR) is 84.1 cm³/mol. The molecule has 1 atom stereocenters. The van der Waals surface area contributed by atoms with Crippen molar-refractivity contribution >= 4 is 11.3 Å². The third kappa shape index (κ3) is 3.08. The molecule has 1 unspecified atom stereocenters. The van der Waals surface area contributed by atoms with Crippen LogP contribution in [0.3, 0.4) is 0 Å². The Bertz CT molecular complexity index is 579. The molecule has 106 valence electrons. The second-order valence-corrected chi connectivity index (χ2v) is 6.57. The minimum atomic E-state index is 0.435. The molecule has 0 spiro atoms. The van der Waals surface area contributed by atoms with Crippen LogP contribution in [0.4, 0.5) is 0 Å². The lowest BCUT2D eigenvalue weighted by Crippen LogP contribution is -2.37. The number of hydrogen-bond donors (Lipinski definition) is 1. The topological polar surface area (TPSA) is 28.2 Å². The largest absolute Gasteiger partial charge is 0.309 e. The Hall–Kier alpha value is -1.23. The van der Waals surface area contributed by atoms with Crippen LogP contribution in [0.25, 0.3) is 0 Å². The summed E-state index contributed by atoms with van der Waals surface area (Å²) in [5.74, 6) is 0. The monoisotopic (exact) mass is 287 g/mol. The van der Waals surface area contributed by atoms with Crippen molar-refractivity contribution in [3.8, 4) is 0 Å². The van der Waals surface area contributed by atoms with Gasteiger partial charge in [-0.15, -0.1) is 11.3 Å². The summed E-state index contributed by atoms with van der Waals surface area (Å²) in [6, 6.07) is 9.23. The molecule has 1 aromatic carbocycles. The minimum Gasteiger partial charge on any atom is -0.309 e. The maximum Gasteiger partial charge on any atom is 0.0897 e. The molecular weight excluding hydrogens is 266 g/mol. The number of aryl methyl sites for hydroxylation is 1. The van der Waals surface area contributed by atoms with Gasteiger partial charge in [-0.25, -0.2) is 4.98 Å². The van der Waals surface area contributed by atoms with Crippen LogP contribution in [0.2, 0.25) is 0 Å². The number of hydrogen-bond acceptors (Lipinski definition) is 4. The van der Waals surface area contributed by atoms with Gasteiger partial charge in [-0.2, -0.15) is 0 Å². The molecule has 1 aliphatic heterocycles.